The predicted octanol–water partition coefficient (Wildman–Crippen LogP) is 3.23. The molecule has 5 unspecified atom stereocenters. The molecule has 0 aliphatic heterocycles. The molecule has 1 saturated carbocycles. The first-order valence-electron chi connectivity index (χ1n) is 7.74. The largest absolute Gasteiger partial charge is 0.317 e. The number of rotatable bonds is 5. The van der Waals surface area contributed by atoms with Crippen LogP contribution in [0, 0.1) is 23.7 Å². The molecule has 5 atom stereocenters. The Kier molecular flexibility index (Phi) is 6.13. The van der Waals surface area contributed by atoms with Gasteiger partial charge in [0.25, 0.3) is 0 Å². The highest BCUT2D eigenvalue weighted by atomic mass is 15.1. The van der Waals surface area contributed by atoms with Crippen LogP contribution in [0.2, 0.25) is 0 Å². The van der Waals surface area contributed by atoms with Gasteiger partial charge >= 0.3 is 0 Å². The van der Waals surface area contributed by atoms with Gasteiger partial charge in [-0.15, -0.1) is 0 Å². The van der Waals surface area contributed by atoms with Crippen molar-refractivity contribution in [3.05, 3.63) is 0 Å². The van der Waals surface area contributed by atoms with E-state index < -0.39 is 0 Å². The van der Waals surface area contributed by atoms with Crippen molar-refractivity contribution >= 4 is 0 Å². The maximum Gasteiger partial charge on any atom is 0.0110 e. The molecule has 0 radical (unpaired) electrons. The third-order valence-electron chi connectivity index (χ3n) is 5.21. The normalized spacial score (nSPS) is 35.2. The summed E-state index contributed by atoms with van der Waals surface area (Å²) in [6, 6.07) is 1.37. The van der Waals surface area contributed by atoms with Crippen LogP contribution in [0.1, 0.15) is 47.5 Å². The van der Waals surface area contributed by atoms with Crippen molar-refractivity contribution in [1.29, 1.82) is 0 Å². The van der Waals surface area contributed by atoms with Crippen LogP contribution in [0.4, 0.5) is 0 Å². The molecular weight excluding hydrogens is 220 g/mol. The van der Waals surface area contributed by atoms with Crippen molar-refractivity contribution < 1.29 is 0 Å². The van der Waals surface area contributed by atoms with Gasteiger partial charge in [0.1, 0.15) is 0 Å². The Hall–Kier alpha value is -0.0800. The van der Waals surface area contributed by atoms with Crippen LogP contribution in [-0.4, -0.2) is 37.6 Å². The van der Waals surface area contributed by atoms with Gasteiger partial charge in [-0.1, -0.05) is 27.7 Å². The van der Waals surface area contributed by atoms with Crippen LogP contribution in [0.25, 0.3) is 0 Å². The SMILES string of the molecule is CNC1CC(C)CC(C)C1CN(C)C(C)C(C)C. The third-order valence-corrected chi connectivity index (χ3v) is 5.21. The molecule has 0 saturated heterocycles. The molecule has 0 amide bonds. The Labute approximate surface area is 115 Å². The van der Waals surface area contributed by atoms with Crippen LogP contribution in [0.3, 0.4) is 0 Å². The van der Waals surface area contributed by atoms with Crippen molar-refractivity contribution in [2.24, 2.45) is 23.7 Å². The lowest BCUT2D eigenvalue weighted by molar-refractivity contribution is 0.0900. The topological polar surface area (TPSA) is 15.3 Å². The van der Waals surface area contributed by atoms with Gasteiger partial charge in [-0.2, -0.15) is 0 Å². The second-order valence-corrected chi connectivity index (χ2v) is 7.04. The lowest BCUT2D eigenvalue weighted by atomic mass is 9.72. The minimum absolute atomic E-state index is 0.675. The molecule has 1 aliphatic carbocycles. The number of nitrogens with zero attached hydrogens (tertiary/aromatic N) is 1. The second kappa shape index (κ2) is 6.91. The van der Waals surface area contributed by atoms with Crippen LogP contribution in [0.5, 0.6) is 0 Å². The highest BCUT2D eigenvalue weighted by Gasteiger charge is 2.34. The molecule has 0 aromatic carbocycles. The molecule has 1 rings (SSSR count). The van der Waals surface area contributed by atoms with E-state index in [2.05, 4.69) is 58.9 Å². The minimum Gasteiger partial charge on any atom is -0.317 e. The summed E-state index contributed by atoms with van der Waals surface area (Å²) in [6.07, 6.45) is 2.74. The fourth-order valence-electron chi connectivity index (χ4n) is 3.56. The van der Waals surface area contributed by atoms with Gasteiger partial charge in [0.2, 0.25) is 0 Å². The maximum atomic E-state index is 3.56. The van der Waals surface area contributed by atoms with Crippen LogP contribution < -0.4 is 5.32 Å². The molecular formula is C16H34N2. The number of hydrogen-bond donors (Lipinski definition) is 1. The maximum absolute atomic E-state index is 3.56. The van der Waals surface area contributed by atoms with Gasteiger partial charge in [0.05, 0.1) is 0 Å². The van der Waals surface area contributed by atoms with Crippen molar-refractivity contribution in [2.75, 3.05) is 20.6 Å². The summed E-state index contributed by atoms with van der Waals surface area (Å²) < 4.78 is 0. The van der Waals surface area contributed by atoms with Gasteiger partial charge in [-0.25, -0.2) is 0 Å². The summed E-state index contributed by atoms with van der Waals surface area (Å²) >= 11 is 0. The summed E-state index contributed by atoms with van der Waals surface area (Å²) in [5.41, 5.74) is 0. The van der Waals surface area contributed by atoms with Crippen molar-refractivity contribution in [1.82, 2.24) is 10.2 Å². The van der Waals surface area contributed by atoms with E-state index in [0.29, 0.717) is 12.1 Å². The van der Waals surface area contributed by atoms with Crippen LogP contribution in [0.15, 0.2) is 0 Å². The molecule has 0 spiro atoms. The van der Waals surface area contributed by atoms with E-state index in [0.717, 1.165) is 23.7 Å². The summed E-state index contributed by atoms with van der Waals surface area (Å²) in [7, 11) is 4.43. The molecule has 1 aliphatic rings. The molecule has 108 valence electrons. The van der Waals surface area contributed by atoms with E-state index in [9.17, 15) is 0 Å². The quantitative estimate of drug-likeness (QED) is 0.810. The molecule has 0 heterocycles. The lowest BCUT2D eigenvalue weighted by Gasteiger charge is -2.43. The van der Waals surface area contributed by atoms with E-state index in [-0.39, 0.29) is 0 Å². The molecule has 0 aromatic rings. The van der Waals surface area contributed by atoms with Gasteiger partial charge in [-0.05, 0) is 57.5 Å². The summed E-state index contributed by atoms with van der Waals surface area (Å²) in [6.45, 7) is 13.1. The average molecular weight is 254 g/mol. The van der Waals surface area contributed by atoms with E-state index in [1.807, 2.05) is 0 Å². The summed E-state index contributed by atoms with van der Waals surface area (Å²) in [5, 5.41) is 3.56. The van der Waals surface area contributed by atoms with Gasteiger partial charge in [-0.3, -0.25) is 0 Å². The van der Waals surface area contributed by atoms with Crippen LogP contribution in [-0.2, 0) is 0 Å². The molecule has 1 fully saturated rings. The summed E-state index contributed by atoms with van der Waals surface area (Å²) in [5.74, 6) is 3.26. The van der Waals surface area contributed by atoms with Crippen LogP contribution >= 0.6 is 0 Å². The fraction of sp³-hybridized carbons (Fsp3) is 1.00. The van der Waals surface area contributed by atoms with Gasteiger partial charge in [0.15, 0.2) is 0 Å². The fourth-order valence-corrected chi connectivity index (χ4v) is 3.56. The minimum atomic E-state index is 0.675. The number of hydrogen-bond acceptors (Lipinski definition) is 2. The average Bonchev–Trinajstić information content (AvgIpc) is 2.30. The zero-order valence-corrected chi connectivity index (χ0v) is 13.5. The van der Waals surface area contributed by atoms with E-state index >= 15 is 0 Å². The third kappa shape index (κ3) is 3.96. The first kappa shape index (κ1) is 16.0. The standard InChI is InChI=1S/C16H34N2/c1-11(2)14(5)18(7)10-15-13(4)8-12(3)9-16(15)17-6/h11-17H,8-10H2,1-7H3. The Bertz CT molecular complexity index is 239. The first-order valence-corrected chi connectivity index (χ1v) is 7.74. The lowest BCUT2D eigenvalue weighted by Crippen LogP contribution is -2.49. The van der Waals surface area contributed by atoms with Gasteiger partial charge in [0, 0.05) is 18.6 Å². The van der Waals surface area contributed by atoms with E-state index in [1.54, 1.807) is 0 Å². The Morgan fingerprint density at radius 3 is 2.28 bits per heavy atom. The Morgan fingerprint density at radius 1 is 1.17 bits per heavy atom. The molecule has 2 heteroatoms. The number of nitrogens with one attached hydrogen (secondary N) is 1. The van der Waals surface area contributed by atoms with E-state index in [4.69, 9.17) is 0 Å². The van der Waals surface area contributed by atoms with Crippen molar-refractivity contribution in [3.8, 4) is 0 Å². The van der Waals surface area contributed by atoms with Gasteiger partial charge < -0.3 is 10.2 Å². The Balaban J connectivity index is 2.62. The summed E-state index contributed by atoms with van der Waals surface area (Å²) in [4.78, 5) is 2.56. The smallest absolute Gasteiger partial charge is 0.0110 e. The molecule has 0 aromatic heterocycles. The predicted molar refractivity (Wildman–Crippen MR) is 80.8 cm³/mol. The first-order chi connectivity index (χ1) is 8.36. The second-order valence-electron chi connectivity index (χ2n) is 7.04. The highest BCUT2D eigenvalue weighted by molar-refractivity contribution is 4.89. The Morgan fingerprint density at radius 2 is 1.78 bits per heavy atom. The van der Waals surface area contributed by atoms with E-state index in [1.165, 1.54) is 19.4 Å². The molecule has 0 bridgehead atoms. The van der Waals surface area contributed by atoms with Crippen molar-refractivity contribution in [2.45, 2.75) is 59.5 Å². The zero-order chi connectivity index (χ0) is 13.9. The monoisotopic (exact) mass is 254 g/mol. The molecule has 2 nitrogen and oxygen atoms in total. The highest BCUT2D eigenvalue weighted by Crippen LogP contribution is 2.34. The molecule has 18 heavy (non-hydrogen) atoms. The van der Waals surface area contributed by atoms with Crippen molar-refractivity contribution in [3.63, 3.8) is 0 Å². The zero-order valence-electron chi connectivity index (χ0n) is 13.5. The molecule has 1 N–H and O–H groups in total.